The summed E-state index contributed by atoms with van der Waals surface area (Å²) in [6.07, 6.45) is -0.0258. The predicted octanol–water partition coefficient (Wildman–Crippen LogP) is 0.651. The van der Waals surface area contributed by atoms with Crippen LogP contribution >= 0.6 is 11.8 Å². The minimum atomic E-state index is -0.965. The predicted molar refractivity (Wildman–Crippen MR) is 61.5 cm³/mol. The first-order valence-corrected chi connectivity index (χ1v) is 7.05. The fourth-order valence-electron chi connectivity index (χ4n) is 2.49. The summed E-state index contributed by atoms with van der Waals surface area (Å²) in [5.41, 5.74) is 0. The van der Waals surface area contributed by atoms with Gasteiger partial charge in [-0.05, 0) is 13.0 Å². The third-order valence-electron chi connectivity index (χ3n) is 3.68. The van der Waals surface area contributed by atoms with Gasteiger partial charge < -0.3 is 10.0 Å². The number of nitrogens with zero attached hydrogens (tertiary/aromatic N) is 2. The van der Waals surface area contributed by atoms with Gasteiger partial charge in [-0.25, -0.2) is 4.79 Å². The van der Waals surface area contributed by atoms with Crippen molar-refractivity contribution in [3.63, 3.8) is 0 Å². The molecule has 17 heavy (non-hydrogen) atoms. The van der Waals surface area contributed by atoms with Crippen molar-refractivity contribution in [1.29, 1.82) is 0 Å². The number of hydrogen-bond acceptors (Lipinski definition) is 5. The van der Waals surface area contributed by atoms with Crippen molar-refractivity contribution in [3.05, 3.63) is 0 Å². The maximum absolute atomic E-state index is 10.8. The number of carbonyl (C=O) groups is 1. The van der Waals surface area contributed by atoms with Crippen molar-refractivity contribution in [3.8, 4) is 0 Å². The molecule has 0 bridgehead atoms. The highest BCUT2D eigenvalue weighted by atomic mass is 32.2. The van der Waals surface area contributed by atoms with E-state index in [1.807, 2.05) is 11.8 Å². The minimum Gasteiger partial charge on any atom is -0.465 e. The van der Waals surface area contributed by atoms with Gasteiger partial charge in [-0.2, -0.15) is 21.5 Å². The van der Waals surface area contributed by atoms with Crippen molar-refractivity contribution in [1.82, 2.24) is 9.80 Å². The van der Waals surface area contributed by atoms with Crippen molar-refractivity contribution in [2.75, 3.05) is 37.7 Å². The topological polar surface area (TPSA) is 68.8 Å². The van der Waals surface area contributed by atoms with E-state index in [1.54, 1.807) is 0 Å². The van der Waals surface area contributed by atoms with Crippen LogP contribution in [0, 0.1) is 5.92 Å². The monoisotopic (exact) mass is 260 g/mol. The molecule has 3 heterocycles. The number of rotatable bonds is 3. The zero-order chi connectivity index (χ0) is 11.9. The molecular formula is C10H16N2O4S. The molecule has 0 aromatic carbocycles. The van der Waals surface area contributed by atoms with E-state index < -0.39 is 12.0 Å². The lowest BCUT2D eigenvalue weighted by atomic mass is 9.91. The highest BCUT2D eigenvalue weighted by Crippen LogP contribution is 2.50. The first-order valence-electron chi connectivity index (χ1n) is 5.90. The van der Waals surface area contributed by atoms with E-state index in [-0.39, 0.29) is 5.92 Å². The summed E-state index contributed by atoms with van der Waals surface area (Å²) < 4.78 is 0. The number of likely N-dealkylation sites (tertiary alicyclic amines) is 1. The van der Waals surface area contributed by atoms with Gasteiger partial charge in [0.05, 0.1) is 5.92 Å². The molecule has 96 valence electrons. The Balaban J connectivity index is 1.46. The van der Waals surface area contributed by atoms with E-state index in [9.17, 15) is 4.79 Å². The molecule has 1 atom stereocenters. The summed E-state index contributed by atoms with van der Waals surface area (Å²) in [7, 11) is 0. The van der Waals surface area contributed by atoms with E-state index in [0.717, 1.165) is 26.1 Å². The van der Waals surface area contributed by atoms with Crippen LogP contribution in [0.5, 0.6) is 0 Å². The Kier molecular flexibility index (Phi) is 2.94. The van der Waals surface area contributed by atoms with Crippen LogP contribution in [-0.2, 0) is 9.78 Å². The van der Waals surface area contributed by atoms with Crippen LogP contribution in [-0.4, -0.2) is 64.6 Å². The fraction of sp³-hybridized carbons (Fsp3) is 0.900. The summed E-state index contributed by atoms with van der Waals surface area (Å²) in [6.45, 7) is 3.80. The lowest BCUT2D eigenvalue weighted by molar-refractivity contribution is -0.0752. The molecule has 0 aliphatic carbocycles. The Morgan fingerprint density at radius 1 is 1.41 bits per heavy atom. The molecule has 3 aliphatic heterocycles. The maximum atomic E-state index is 10.8. The zero-order valence-electron chi connectivity index (χ0n) is 9.50. The Morgan fingerprint density at radius 2 is 2.12 bits per heavy atom. The molecule has 1 spiro atoms. The molecule has 3 saturated heterocycles. The molecule has 3 fully saturated rings. The van der Waals surface area contributed by atoms with Crippen LogP contribution < -0.4 is 0 Å². The van der Waals surface area contributed by atoms with Gasteiger partial charge in [0.2, 0.25) is 0 Å². The second kappa shape index (κ2) is 4.31. The van der Waals surface area contributed by atoms with Gasteiger partial charge in [-0.15, -0.1) is 0 Å². The van der Waals surface area contributed by atoms with Crippen LogP contribution in [0.2, 0.25) is 0 Å². The molecule has 0 aromatic heterocycles. The summed E-state index contributed by atoms with van der Waals surface area (Å²) in [5, 5.41) is 8.90. The van der Waals surface area contributed by atoms with E-state index in [4.69, 9.17) is 14.9 Å². The Morgan fingerprint density at radius 3 is 2.71 bits per heavy atom. The average Bonchev–Trinajstić information content (AvgIpc) is 3.10. The van der Waals surface area contributed by atoms with Crippen LogP contribution in [0.1, 0.15) is 6.42 Å². The largest absolute Gasteiger partial charge is 0.465 e. The third kappa shape index (κ3) is 2.01. The van der Waals surface area contributed by atoms with Crippen LogP contribution in [0.4, 0.5) is 4.79 Å². The zero-order valence-corrected chi connectivity index (χ0v) is 10.3. The summed E-state index contributed by atoms with van der Waals surface area (Å²) >= 11 is 1.99. The Hall–Kier alpha value is -0.500. The number of thioether (sulfide) groups is 1. The minimum absolute atomic E-state index is 0.188. The van der Waals surface area contributed by atoms with E-state index >= 15 is 0 Å². The molecular weight excluding hydrogens is 244 g/mol. The SMILES string of the molecule is O=C(O)N1CC(CCN2CCSCC2)C12OO2. The molecule has 0 aromatic rings. The smallest absolute Gasteiger partial charge is 0.411 e. The third-order valence-corrected chi connectivity index (χ3v) is 4.62. The average molecular weight is 260 g/mol. The quantitative estimate of drug-likeness (QED) is 0.593. The molecule has 1 unspecified atom stereocenters. The van der Waals surface area contributed by atoms with E-state index in [1.165, 1.54) is 16.4 Å². The number of amides is 1. The van der Waals surface area contributed by atoms with Crippen LogP contribution in [0.25, 0.3) is 0 Å². The van der Waals surface area contributed by atoms with Gasteiger partial charge in [0.15, 0.2) is 0 Å². The second-order valence-electron chi connectivity index (χ2n) is 4.63. The van der Waals surface area contributed by atoms with Gasteiger partial charge in [-0.3, -0.25) is 4.90 Å². The van der Waals surface area contributed by atoms with Gasteiger partial charge in [-0.1, -0.05) is 0 Å². The summed E-state index contributed by atoms with van der Waals surface area (Å²) in [6, 6.07) is 0. The fourth-order valence-corrected chi connectivity index (χ4v) is 3.47. The highest BCUT2D eigenvalue weighted by Gasteiger charge is 2.70. The molecule has 7 heteroatoms. The standard InChI is InChI=1S/C10H16N2O4S/c13-9(14)12-7-8(10(12)15-16-10)1-2-11-3-5-17-6-4-11/h8H,1-7H2,(H,13,14). The van der Waals surface area contributed by atoms with E-state index in [0.29, 0.717) is 6.54 Å². The number of hydrogen-bond donors (Lipinski definition) is 1. The van der Waals surface area contributed by atoms with Gasteiger partial charge in [0.1, 0.15) is 0 Å². The number of carboxylic acid groups (broad SMARTS) is 1. The van der Waals surface area contributed by atoms with Crippen LogP contribution in [0.15, 0.2) is 0 Å². The lowest BCUT2D eigenvalue weighted by Crippen LogP contribution is -2.61. The lowest BCUT2D eigenvalue weighted by Gasteiger charge is -2.41. The summed E-state index contributed by atoms with van der Waals surface area (Å²) in [5.74, 6) is 1.66. The Labute approximate surface area is 104 Å². The molecule has 0 saturated carbocycles. The van der Waals surface area contributed by atoms with E-state index in [2.05, 4.69) is 4.90 Å². The summed E-state index contributed by atoms with van der Waals surface area (Å²) in [4.78, 5) is 24.3. The first kappa shape index (κ1) is 11.6. The molecule has 1 amide bonds. The molecule has 3 rings (SSSR count). The molecule has 1 N–H and O–H groups in total. The molecule has 0 radical (unpaired) electrons. The van der Waals surface area contributed by atoms with Crippen molar-refractivity contribution < 1.29 is 19.7 Å². The van der Waals surface area contributed by atoms with Crippen LogP contribution in [0.3, 0.4) is 0 Å². The van der Waals surface area contributed by atoms with Gasteiger partial charge in [0.25, 0.3) is 0 Å². The van der Waals surface area contributed by atoms with Gasteiger partial charge >= 0.3 is 12.0 Å². The van der Waals surface area contributed by atoms with Crippen molar-refractivity contribution in [2.24, 2.45) is 5.92 Å². The molecule has 6 nitrogen and oxygen atoms in total. The normalized spacial score (nSPS) is 31.3. The second-order valence-corrected chi connectivity index (χ2v) is 5.85. The maximum Gasteiger partial charge on any atom is 0.411 e. The van der Waals surface area contributed by atoms with Crippen molar-refractivity contribution >= 4 is 17.9 Å². The Bertz CT molecular complexity index is 317. The highest BCUT2D eigenvalue weighted by molar-refractivity contribution is 7.99. The van der Waals surface area contributed by atoms with Crippen molar-refractivity contribution in [2.45, 2.75) is 12.3 Å². The molecule has 3 aliphatic rings. The van der Waals surface area contributed by atoms with Gasteiger partial charge in [0, 0.05) is 31.1 Å². The first-order chi connectivity index (χ1) is 8.22.